The Labute approximate surface area is 177 Å². The first kappa shape index (κ1) is 20.1. The maximum Gasteiger partial charge on any atom is 0.328 e. The van der Waals surface area contributed by atoms with Crippen LogP contribution >= 0.6 is 0 Å². The molecule has 154 valence electrons. The van der Waals surface area contributed by atoms with Gasteiger partial charge in [-0.05, 0) is 59.2 Å². The molecule has 0 bridgehead atoms. The average Bonchev–Trinajstić information content (AvgIpc) is 3.16. The van der Waals surface area contributed by atoms with Gasteiger partial charge in [0.05, 0.1) is 5.56 Å². The number of hydrogen-bond donors (Lipinski definition) is 2. The SMILES string of the molecule is CNC(=O)c1c(-c2ccc(F)cc2)oc2ccc(-c3ccc(/C=C/C(=O)O)cc3)cc12. The number of carbonyl (C=O) groups excluding carboxylic acids is 1. The largest absolute Gasteiger partial charge is 0.478 e. The van der Waals surface area contributed by atoms with E-state index in [2.05, 4.69) is 5.32 Å². The molecule has 5 nitrogen and oxygen atoms in total. The predicted octanol–water partition coefficient (Wildman–Crippen LogP) is 5.36. The van der Waals surface area contributed by atoms with Crippen LogP contribution in [0.4, 0.5) is 4.39 Å². The molecule has 2 N–H and O–H groups in total. The van der Waals surface area contributed by atoms with Crippen molar-refractivity contribution < 1.29 is 23.5 Å². The Morgan fingerprint density at radius 1 is 0.935 bits per heavy atom. The number of halogens is 1. The Bertz CT molecular complexity index is 1300. The van der Waals surface area contributed by atoms with Crippen LogP contribution in [0.5, 0.6) is 0 Å². The molecule has 0 saturated carbocycles. The van der Waals surface area contributed by atoms with E-state index in [1.54, 1.807) is 25.2 Å². The number of nitrogens with one attached hydrogen (secondary N) is 1. The van der Waals surface area contributed by atoms with Crippen LogP contribution in [0, 0.1) is 5.82 Å². The van der Waals surface area contributed by atoms with E-state index < -0.39 is 5.97 Å². The summed E-state index contributed by atoms with van der Waals surface area (Å²) in [5.74, 6) is -1.30. The van der Waals surface area contributed by atoms with E-state index in [0.29, 0.717) is 27.9 Å². The van der Waals surface area contributed by atoms with Crippen molar-refractivity contribution in [2.75, 3.05) is 7.05 Å². The zero-order valence-corrected chi connectivity index (χ0v) is 16.6. The monoisotopic (exact) mass is 415 g/mol. The smallest absolute Gasteiger partial charge is 0.328 e. The lowest BCUT2D eigenvalue weighted by atomic mass is 9.99. The van der Waals surface area contributed by atoms with Gasteiger partial charge in [-0.2, -0.15) is 0 Å². The molecule has 0 saturated heterocycles. The lowest BCUT2D eigenvalue weighted by molar-refractivity contribution is -0.131. The number of carboxylic acids is 1. The normalized spacial score (nSPS) is 11.2. The van der Waals surface area contributed by atoms with Gasteiger partial charge in [0.15, 0.2) is 0 Å². The fourth-order valence-corrected chi connectivity index (χ4v) is 3.39. The summed E-state index contributed by atoms with van der Waals surface area (Å²) < 4.78 is 19.3. The van der Waals surface area contributed by atoms with Gasteiger partial charge < -0.3 is 14.8 Å². The van der Waals surface area contributed by atoms with Crippen molar-refractivity contribution in [3.8, 4) is 22.5 Å². The molecule has 4 rings (SSSR count). The Kier molecular flexibility index (Phi) is 5.37. The number of carbonyl (C=O) groups is 2. The van der Waals surface area contributed by atoms with Crippen molar-refractivity contribution >= 4 is 28.9 Å². The quantitative estimate of drug-likeness (QED) is 0.430. The van der Waals surface area contributed by atoms with Crippen LogP contribution in [0.15, 0.2) is 77.2 Å². The van der Waals surface area contributed by atoms with Crippen molar-refractivity contribution in [1.29, 1.82) is 0 Å². The second kappa shape index (κ2) is 8.28. The van der Waals surface area contributed by atoms with Crippen molar-refractivity contribution in [2.24, 2.45) is 0 Å². The maximum atomic E-state index is 13.3. The third kappa shape index (κ3) is 4.09. The minimum absolute atomic E-state index is 0.301. The van der Waals surface area contributed by atoms with Gasteiger partial charge >= 0.3 is 5.97 Å². The van der Waals surface area contributed by atoms with E-state index >= 15 is 0 Å². The number of furan rings is 1. The molecule has 0 radical (unpaired) electrons. The maximum absolute atomic E-state index is 13.3. The first-order chi connectivity index (χ1) is 15.0. The van der Waals surface area contributed by atoms with Crippen LogP contribution in [-0.4, -0.2) is 24.0 Å². The van der Waals surface area contributed by atoms with E-state index in [1.807, 2.05) is 36.4 Å². The molecule has 4 aromatic rings. The molecule has 0 atom stereocenters. The van der Waals surface area contributed by atoms with Gasteiger partial charge in [0.1, 0.15) is 17.2 Å². The Hall–Kier alpha value is -4.19. The molecule has 1 aromatic heterocycles. The van der Waals surface area contributed by atoms with Crippen LogP contribution < -0.4 is 5.32 Å². The summed E-state index contributed by atoms with van der Waals surface area (Å²) in [5.41, 5.74) is 4.07. The van der Waals surface area contributed by atoms with Crippen molar-refractivity contribution in [2.45, 2.75) is 0 Å². The second-order valence-corrected chi connectivity index (χ2v) is 6.90. The number of fused-ring (bicyclic) bond motifs is 1. The fourth-order valence-electron chi connectivity index (χ4n) is 3.39. The topological polar surface area (TPSA) is 79.5 Å². The van der Waals surface area contributed by atoms with Crippen LogP contribution in [0.3, 0.4) is 0 Å². The summed E-state index contributed by atoms with van der Waals surface area (Å²) in [6.07, 6.45) is 2.60. The molecule has 0 aliphatic carbocycles. The second-order valence-electron chi connectivity index (χ2n) is 6.90. The minimum atomic E-state index is -1.01. The summed E-state index contributed by atoms with van der Waals surface area (Å²) in [4.78, 5) is 23.3. The van der Waals surface area contributed by atoms with Crippen LogP contribution in [0.1, 0.15) is 15.9 Å². The average molecular weight is 415 g/mol. The van der Waals surface area contributed by atoms with E-state index in [4.69, 9.17) is 9.52 Å². The van der Waals surface area contributed by atoms with Crippen molar-refractivity contribution in [3.63, 3.8) is 0 Å². The van der Waals surface area contributed by atoms with Gasteiger partial charge in [-0.25, -0.2) is 9.18 Å². The third-order valence-corrected chi connectivity index (χ3v) is 4.91. The zero-order valence-electron chi connectivity index (χ0n) is 16.6. The summed E-state index contributed by atoms with van der Waals surface area (Å²) >= 11 is 0. The summed E-state index contributed by atoms with van der Waals surface area (Å²) in [5, 5.41) is 12.0. The van der Waals surface area contributed by atoms with Crippen LogP contribution in [0.25, 0.3) is 39.5 Å². The number of aliphatic carboxylic acids is 1. The first-order valence-corrected chi connectivity index (χ1v) is 9.52. The number of carboxylic acid groups (broad SMARTS) is 1. The summed E-state index contributed by atoms with van der Waals surface area (Å²) in [7, 11) is 1.54. The third-order valence-electron chi connectivity index (χ3n) is 4.91. The van der Waals surface area contributed by atoms with Gasteiger partial charge in [-0.15, -0.1) is 0 Å². The summed E-state index contributed by atoms with van der Waals surface area (Å²) in [6.45, 7) is 0. The van der Waals surface area contributed by atoms with E-state index in [-0.39, 0.29) is 11.7 Å². The van der Waals surface area contributed by atoms with E-state index in [0.717, 1.165) is 22.8 Å². The molecule has 6 heteroatoms. The van der Waals surface area contributed by atoms with Crippen molar-refractivity contribution in [1.82, 2.24) is 5.32 Å². The highest BCUT2D eigenvalue weighted by molar-refractivity contribution is 6.11. The first-order valence-electron chi connectivity index (χ1n) is 9.52. The number of hydrogen-bond acceptors (Lipinski definition) is 3. The molecule has 0 aliphatic heterocycles. The number of amides is 1. The number of rotatable bonds is 5. The highest BCUT2D eigenvalue weighted by Crippen LogP contribution is 2.36. The van der Waals surface area contributed by atoms with Crippen LogP contribution in [-0.2, 0) is 4.79 Å². The van der Waals surface area contributed by atoms with Crippen LogP contribution in [0.2, 0.25) is 0 Å². The van der Waals surface area contributed by atoms with Crippen molar-refractivity contribution in [3.05, 3.63) is 89.8 Å². The molecular formula is C25H18FNO4. The van der Waals surface area contributed by atoms with Gasteiger partial charge in [-0.1, -0.05) is 30.3 Å². The molecule has 1 amide bonds. The van der Waals surface area contributed by atoms with E-state index in [9.17, 15) is 14.0 Å². The molecule has 0 unspecified atom stereocenters. The predicted molar refractivity (Wildman–Crippen MR) is 117 cm³/mol. The van der Waals surface area contributed by atoms with Gasteiger partial charge in [0.2, 0.25) is 0 Å². The van der Waals surface area contributed by atoms with Gasteiger partial charge in [-0.3, -0.25) is 4.79 Å². The molecule has 3 aromatic carbocycles. The van der Waals surface area contributed by atoms with Gasteiger partial charge in [0, 0.05) is 24.1 Å². The Balaban J connectivity index is 1.80. The Morgan fingerprint density at radius 2 is 1.58 bits per heavy atom. The lowest BCUT2D eigenvalue weighted by Gasteiger charge is -2.04. The molecule has 31 heavy (non-hydrogen) atoms. The molecular weight excluding hydrogens is 397 g/mol. The standard InChI is InChI=1S/C25H18FNO4/c1-27-25(30)23-20-14-18(16-5-2-15(3-6-16)4-13-22(28)29)9-12-21(20)31-24(23)17-7-10-19(26)11-8-17/h2-14H,1H3,(H,27,30)(H,28,29)/b13-4+. The zero-order chi connectivity index (χ0) is 22.0. The lowest BCUT2D eigenvalue weighted by Crippen LogP contribution is -2.18. The summed E-state index contributed by atoms with van der Waals surface area (Å²) in [6, 6.07) is 18.7. The minimum Gasteiger partial charge on any atom is -0.478 e. The van der Waals surface area contributed by atoms with E-state index in [1.165, 1.54) is 18.2 Å². The molecule has 1 heterocycles. The number of benzene rings is 3. The molecule has 0 spiro atoms. The highest BCUT2D eigenvalue weighted by Gasteiger charge is 2.22. The highest BCUT2D eigenvalue weighted by atomic mass is 19.1. The fraction of sp³-hybridized carbons (Fsp3) is 0.0400. The van der Waals surface area contributed by atoms with Gasteiger partial charge in [0.25, 0.3) is 5.91 Å². The molecule has 0 aliphatic rings. The molecule has 0 fully saturated rings. The Morgan fingerprint density at radius 3 is 2.23 bits per heavy atom.